The Morgan fingerprint density at radius 2 is 2.00 bits per heavy atom. The topological polar surface area (TPSA) is 28.2 Å². The minimum absolute atomic E-state index is 0.691. The van der Waals surface area contributed by atoms with Gasteiger partial charge in [0, 0.05) is 44.1 Å². The molecule has 1 aromatic rings. The van der Waals surface area contributed by atoms with Crippen molar-refractivity contribution in [3.05, 3.63) is 29.6 Å². The SMILES string of the molecule is Cc1cnccc1CNC1C2CCCC1CN(C(C)C)C2. The molecule has 2 fully saturated rings. The van der Waals surface area contributed by atoms with E-state index in [4.69, 9.17) is 0 Å². The maximum absolute atomic E-state index is 4.19. The van der Waals surface area contributed by atoms with Crippen LogP contribution < -0.4 is 5.32 Å². The summed E-state index contributed by atoms with van der Waals surface area (Å²) in [5.74, 6) is 1.67. The van der Waals surface area contributed by atoms with Crippen LogP contribution in [0, 0.1) is 18.8 Å². The van der Waals surface area contributed by atoms with Crippen molar-refractivity contribution in [3.63, 3.8) is 0 Å². The summed E-state index contributed by atoms with van der Waals surface area (Å²) in [5.41, 5.74) is 2.70. The van der Waals surface area contributed by atoms with Gasteiger partial charge >= 0.3 is 0 Å². The van der Waals surface area contributed by atoms with Crippen molar-refractivity contribution in [1.29, 1.82) is 0 Å². The molecule has 1 saturated heterocycles. The number of rotatable bonds is 4. The van der Waals surface area contributed by atoms with E-state index in [1.807, 2.05) is 12.4 Å². The Labute approximate surface area is 129 Å². The zero-order valence-corrected chi connectivity index (χ0v) is 13.7. The predicted molar refractivity (Wildman–Crippen MR) is 87.1 cm³/mol. The highest BCUT2D eigenvalue weighted by Gasteiger charge is 2.39. The number of aromatic nitrogens is 1. The molecule has 0 amide bonds. The molecule has 116 valence electrons. The van der Waals surface area contributed by atoms with Crippen molar-refractivity contribution < 1.29 is 0 Å². The first kappa shape index (κ1) is 15.0. The zero-order chi connectivity index (χ0) is 14.8. The third kappa shape index (κ3) is 3.29. The van der Waals surface area contributed by atoms with E-state index >= 15 is 0 Å². The standard InChI is InChI=1S/C18H29N3/c1-13(2)21-11-16-5-4-6-17(12-21)18(16)20-10-15-7-8-19-9-14(15)3/h7-9,13,16-18,20H,4-6,10-12H2,1-3H3. The number of nitrogens with one attached hydrogen (secondary N) is 1. The second-order valence-electron chi connectivity index (χ2n) is 7.21. The summed E-state index contributed by atoms with van der Waals surface area (Å²) in [6.45, 7) is 10.4. The van der Waals surface area contributed by atoms with Gasteiger partial charge in [0.15, 0.2) is 0 Å². The molecule has 2 bridgehead atoms. The third-order valence-corrected chi connectivity index (χ3v) is 5.50. The smallest absolute Gasteiger partial charge is 0.0300 e. The van der Waals surface area contributed by atoms with Crippen LogP contribution in [0.15, 0.2) is 18.5 Å². The summed E-state index contributed by atoms with van der Waals surface area (Å²) in [6.07, 6.45) is 8.10. The van der Waals surface area contributed by atoms with E-state index in [0.717, 1.165) is 18.4 Å². The van der Waals surface area contributed by atoms with Gasteiger partial charge in [-0.25, -0.2) is 0 Å². The number of likely N-dealkylation sites (tertiary alicyclic amines) is 1. The summed E-state index contributed by atoms with van der Waals surface area (Å²) < 4.78 is 0. The minimum atomic E-state index is 0.691. The Balaban J connectivity index is 1.64. The summed E-state index contributed by atoms with van der Waals surface area (Å²) >= 11 is 0. The molecular weight excluding hydrogens is 258 g/mol. The van der Waals surface area contributed by atoms with E-state index in [0.29, 0.717) is 12.1 Å². The molecule has 2 heterocycles. The number of fused-ring (bicyclic) bond motifs is 2. The largest absolute Gasteiger partial charge is 0.309 e. The Bertz CT molecular complexity index is 457. The van der Waals surface area contributed by atoms with Gasteiger partial charge in [0.1, 0.15) is 0 Å². The van der Waals surface area contributed by atoms with Crippen LogP contribution in [0.1, 0.15) is 44.2 Å². The lowest BCUT2D eigenvalue weighted by atomic mass is 9.73. The fourth-order valence-corrected chi connectivity index (χ4v) is 4.16. The lowest BCUT2D eigenvalue weighted by Gasteiger charge is -2.49. The second kappa shape index (κ2) is 6.45. The first-order valence-corrected chi connectivity index (χ1v) is 8.52. The normalized spacial score (nSPS) is 29.8. The van der Waals surface area contributed by atoms with Crippen LogP contribution in [0.2, 0.25) is 0 Å². The van der Waals surface area contributed by atoms with Crippen molar-refractivity contribution in [2.75, 3.05) is 13.1 Å². The maximum Gasteiger partial charge on any atom is 0.0300 e. The first-order chi connectivity index (χ1) is 10.1. The van der Waals surface area contributed by atoms with Crippen LogP contribution in [0.25, 0.3) is 0 Å². The molecule has 1 aliphatic carbocycles. The van der Waals surface area contributed by atoms with Crippen molar-refractivity contribution in [1.82, 2.24) is 15.2 Å². The molecule has 2 atom stereocenters. The van der Waals surface area contributed by atoms with E-state index < -0.39 is 0 Å². The van der Waals surface area contributed by atoms with Gasteiger partial charge in [0.25, 0.3) is 0 Å². The molecule has 21 heavy (non-hydrogen) atoms. The fraction of sp³-hybridized carbons (Fsp3) is 0.722. The van der Waals surface area contributed by atoms with Gasteiger partial charge < -0.3 is 10.2 Å². The lowest BCUT2D eigenvalue weighted by Crippen LogP contribution is -2.58. The predicted octanol–water partition coefficient (Wildman–Crippen LogP) is 2.99. The van der Waals surface area contributed by atoms with Crippen LogP contribution in [0.5, 0.6) is 0 Å². The Hall–Kier alpha value is -0.930. The summed E-state index contributed by atoms with van der Waals surface area (Å²) in [4.78, 5) is 6.88. The third-order valence-electron chi connectivity index (χ3n) is 5.50. The molecular formula is C18H29N3. The van der Waals surface area contributed by atoms with Crippen molar-refractivity contribution in [3.8, 4) is 0 Å². The van der Waals surface area contributed by atoms with Crippen LogP contribution in [-0.2, 0) is 6.54 Å². The van der Waals surface area contributed by atoms with Gasteiger partial charge in [-0.05, 0) is 62.6 Å². The highest BCUT2D eigenvalue weighted by molar-refractivity contribution is 5.21. The zero-order valence-electron chi connectivity index (χ0n) is 13.7. The Morgan fingerprint density at radius 1 is 1.29 bits per heavy atom. The molecule has 3 heteroatoms. The van der Waals surface area contributed by atoms with Crippen molar-refractivity contribution >= 4 is 0 Å². The van der Waals surface area contributed by atoms with Crippen LogP contribution in [-0.4, -0.2) is 35.1 Å². The molecule has 1 aliphatic heterocycles. The van der Waals surface area contributed by atoms with Gasteiger partial charge in [0.05, 0.1) is 0 Å². The van der Waals surface area contributed by atoms with E-state index in [1.165, 1.54) is 43.5 Å². The second-order valence-corrected chi connectivity index (χ2v) is 7.21. The lowest BCUT2D eigenvalue weighted by molar-refractivity contribution is 0.0290. The molecule has 2 aliphatic rings. The van der Waals surface area contributed by atoms with Gasteiger partial charge in [-0.3, -0.25) is 4.98 Å². The van der Waals surface area contributed by atoms with Gasteiger partial charge in [-0.1, -0.05) is 6.42 Å². The quantitative estimate of drug-likeness (QED) is 0.923. The minimum Gasteiger partial charge on any atom is -0.309 e. The molecule has 1 aromatic heterocycles. The number of aryl methyl sites for hydroxylation is 1. The van der Waals surface area contributed by atoms with Crippen LogP contribution in [0.4, 0.5) is 0 Å². The van der Waals surface area contributed by atoms with E-state index in [-0.39, 0.29) is 0 Å². The molecule has 0 aromatic carbocycles. The maximum atomic E-state index is 4.19. The number of hydrogen-bond donors (Lipinski definition) is 1. The highest BCUT2D eigenvalue weighted by Crippen LogP contribution is 2.35. The van der Waals surface area contributed by atoms with Crippen molar-refractivity contribution in [2.24, 2.45) is 11.8 Å². The van der Waals surface area contributed by atoms with Gasteiger partial charge in [0.2, 0.25) is 0 Å². The summed E-state index contributed by atoms with van der Waals surface area (Å²) in [5, 5.41) is 3.89. The molecule has 1 saturated carbocycles. The number of hydrogen-bond acceptors (Lipinski definition) is 3. The summed E-state index contributed by atoms with van der Waals surface area (Å²) in [7, 11) is 0. The number of nitrogens with zero attached hydrogens (tertiary/aromatic N) is 2. The van der Waals surface area contributed by atoms with Gasteiger partial charge in [-0.2, -0.15) is 0 Å². The van der Waals surface area contributed by atoms with Gasteiger partial charge in [-0.15, -0.1) is 0 Å². The van der Waals surface area contributed by atoms with Crippen LogP contribution in [0.3, 0.4) is 0 Å². The van der Waals surface area contributed by atoms with E-state index in [1.54, 1.807) is 0 Å². The molecule has 2 unspecified atom stereocenters. The van der Waals surface area contributed by atoms with E-state index in [9.17, 15) is 0 Å². The highest BCUT2D eigenvalue weighted by atomic mass is 15.2. The molecule has 0 spiro atoms. The van der Waals surface area contributed by atoms with Crippen LogP contribution >= 0.6 is 0 Å². The fourth-order valence-electron chi connectivity index (χ4n) is 4.16. The van der Waals surface area contributed by atoms with E-state index in [2.05, 4.69) is 42.0 Å². The molecule has 1 N–H and O–H groups in total. The average molecular weight is 287 g/mol. The first-order valence-electron chi connectivity index (χ1n) is 8.52. The Morgan fingerprint density at radius 3 is 2.62 bits per heavy atom. The summed E-state index contributed by atoms with van der Waals surface area (Å²) in [6, 6.07) is 3.55. The monoisotopic (exact) mass is 287 g/mol. The Kier molecular flexibility index (Phi) is 4.60. The average Bonchev–Trinajstić information content (AvgIpc) is 2.45. The number of piperidine rings is 1. The number of pyridine rings is 1. The molecule has 0 radical (unpaired) electrons. The molecule has 3 rings (SSSR count). The van der Waals surface area contributed by atoms with Crippen molar-refractivity contribution in [2.45, 2.75) is 58.7 Å². The molecule has 3 nitrogen and oxygen atoms in total.